The second kappa shape index (κ2) is 7.88. The number of rotatable bonds is 5. The van der Waals surface area contributed by atoms with Gasteiger partial charge in [0.2, 0.25) is 0 Å². The summed E-state index contributed by atoms with van der Waals surface area (Å²) in [5.41, 5.74) is 3.13. The normalized spacial score (nSPS) is 16.3. The van der Waals surface area contributed by atoms with Crippen LogP contribution in [-0.2, 0) is 0 Å². The Kier molecular flexibility index (Phi) is 5.16. The summed E-state index contributed by atoms with van der Waals surface area (Å²) >= 11 is 0. The smallest absolute Gasteiger partial charge is 0.251 e. The van der Waals surface area contributed by atoms with Gasteiger partial charge in [-0.3, -0.25) is 14.7 Å². The summed E-state index contributed by atoms with van der Waals surface area (Å²) in [4.78, 5) is 23.7. The molecule has 1 atom stereocenters. The minimum Gasteiger partial charge on any atom is -0.441 e. The lowest BCUT2D eigenvalue weighted by molar-refractivity contribution is 0.0924. The van der Waals surface area contributed by atoms with Crippen molar-refractivity contribution in [1.29, 1.82) is 0 Å². The molecule has 1 fully saturated rings. The molecular weight excluding hydrogens is 340 g/mol. The van der Waals surface area contributed by atoms with E-state index < -0.39 is 0 Å². The van der Waals surface area contributed by atoms with Crippen molar-refractivity contribution in [2.24, 2.45) is 0 Å². The van der Waals surface area contributed by atoms with Gasteiger partial charge in [0.25, 0.3) is 5.91 Å². The zero-order valence-corrected chi connectivity index (χ0v) is 15.5. The largest absolute Gasteiger partial charge is 0.441 e. The SMILES string of the molecule is Cc1nc2ccc(C(=O)NC[C@H](c3cccnc3)N3CCCCC3)cc2o1. The van der Waals surface area contributed by atoms with E-state index in [4.69, 9.17) is 4.42 Å². The fraction of sp³-hybridized carbons (Fsp3) is 0.381. The molecule has 27 heavy (non-hydrogen) atoms. The molecule has 0 aliphatic carbocycles. The molecule has 0 radical (unpaired) electrons. The van der Waals surface area contributed by atoms with Crippen LogP contribution < -0.4 is 5.32 Å². The third kappa shape index (κ3) is 4.01. The van der Waals surface area contributed by atoms with Crippen LogP contribution in [0.5, 0.6) is 0 Å². The van der Waals surface area contributed by atoms with Crippen LogP contribution >= 0.6 is 0 Å². The Labute approximate surface area is 158 Å². The Morgan fingerprint density at radius 3 is 2.89 bits per heavy atom. The van der Waals surface area contributed by atoms with E-state index in [-0.39, 0.29) is 11.9 Å². The van der Waals surface area contributed by atoms with E-state index in [1.54, 1.807) is 25.3 Å². The number of likely N-dealkylation sites (tertiary alicyclic amines) is 1. The van der Waals surface area contributed by atoms with Crippen molar-refractivity contribution in [3.05, 3.63) is 59.7 Å². The Balaban J connectivity index is 1.49. The van der Waals surface area contributed by atoms with Gasteiger partial charge in [-0.1, -0.05) is 12.5 Å². The third-order valence-corrected chi connectivity index (χ3v) is 5.11. The maximum absolute atomic E-state index is 12.7. The first kappa shape index (κ1) is 17.7. The molecule has 6 heteroatoms. The first-order chi connectivity index (χ1) is 13.2. The van der Waals surface area contributed by atoms with Crippen molar-refractivity contribution in [2.45, 2.75) is 32.2 Å². The van der Waals surface area contributed by atoms with Gasteiger partial charge < -0.3 is 9.73 Å². The molecule has 2 aromatic heterocycles. The predicted molar refractivity (Wildman–Crippen MR) is 103 cm³/mol. The minimum atomic E-state index is -0.100. The molecule has 0 spiro atoms. The lowest BCUT2D eigenvalue weighted by Gasteiger charge is -2.34. The van der Waals surface area contributed by atoms with Crippen molar-refractivity contribution in [3.8, 4) is 0 Å². The number of aryl methyl sites for hydroxylation is 1. The molecule has 3 heterocycles. The molecule has 1 N–H and O–H groups in total. The maximum atomic E-state index is 12.7. The average molecular weight is 364 g/mol. The molecule has 1 amide bonds. The van der Waals surface area contributed by atoms with E-state index in [1.165, 1.54) is 19.3 Å². The van der Waals surface area contributed by atoms with Gasteiger partial charge in [-0.15, -0.1) is 0 Å². The topological polar surface area (TPSA) is 71.3 Å². The third-order valence-electron chi connectivity index (χ3n) is 5.11. The lowest BCUT2D eigenvalue weighted by atomic mass is 10.0. The maximum Gasteiger partial charge on any atom is 0.251 e. The Hall–Kier alpha value is -2.73. The Bertz CT molecular complexity index is 916. The predicted octanol–water partition coefficient (Wildman–Crippen LogP) is 3.49. The van der Waals surface area contributed by atoms with Gasteiger partial charge in [-0.25, -0.2) is 4.98 Å². The molecule has 3 aromatic rings. The highest BCUT2D eigenvalue weighted by atomic mass is 16.3. The fourth-order valence-corrected chi connectivity index (χ4v) is 3.73. The zero-order valence-electron chi connectivity index (χ0n) is 15.5. The van der Waals surface area contributed by atoms with E-state index in [2.05, 4.69) is 26.3 Å². The first-order valence-electron chi connectivity index (χ1n) is 9.50. The summed E-state index contributed by atoms with van der Waals surface area (Å²) in [6.45, 7) is 4.46. The summed E-state index contributed by atoms with van der Waals surface area (Å²) < 4.78 is 5.54. The monoisotopic (exact) mass is 364 g/mol. The number of oxazole rings is 1. The molecule has 1 saturated heterocycles. The molecule has 0 unspecified atom stereocenters. The lowest BCUT2D eigenvalue weighted by Crippen LogP contribution is -2.40. The highest BCUT2D eigenvalue weighted by Crippen LogP contribution is 2.24. The average Bonchev–Trinajstić information content (AvgIpc) is 3.09. The van der Waals surface area contributed by atoms with E-state index in [0.717, 1.165) is 24.2 Å². The van der Waals surface area contributed by atoms with Gasteiger partial charge in [0, 0.05) is 31.4 Å². The van der Waals surface area contributed by atoms with Crippen molar-refractivity contribution in [3.63, 3.8) is 0 Å². The van der Waals surface area contributed by atoms with Crippen LogP contribution in [0, 0.1) is 6.92 Å². The number of fused-ring (bicyclic) bond motifs is 1. The second-order valence-electron chi connectivity index (χ2n) is 7.02. The van der Waals surface area contributed by atoms with Crippen molar-refractivity contribution >= 4 is 17.0 Å². The van der Waals surface area contributed by atoms with Gasteiger partial charge >= 0.3 is 0 Å². The van der Waals surface area contributed by atoms with Gasteiger partial charge in [0.15, 0.2) is 11.5 Å². The Morgan fingerprint density at radius 1 is 1.26 bits per heavy atom. The molecule has 1 aromatic carbocycles. The number of hydrogen-bond donors (Lipinski definition) is 1. The molecular formula is C21H24N4O2. The van der Waals surface area contributed by atoms with Crippen LogP contribution in [-0.4, -0.2) is 40.4 Å². The van der Waals surface area contributed by atoms with Crippen LogP contribution in [0.15, 0.2) is 47.1 Å². The highest BCUT2D eigenvalue weighted by Gasteiger charge is 2.23. The molecule has 1 aliphatic rings. The van der Waals surface area contributed by atoms with Crippen LogP contribution in [0.25, 0.3) is 11.1 Å². The number of carbonyl (C=O) groups is 1. The number of nitrogens with one attached hydrogen (secondary N) is 1. The highest BCUT2D eigenvalue weighted by molar-refractivity contribution is 5.97. The summed E-state index contributed by atoms with van der Waals surface area (Å²) in [5.74, 6) is 0.501. The number of carbonyl (C=O) groups excluding carboxylic acids is 1. The summed E-state index contributed by atoms with van der Waals surface area (Å²) in [5, 5.41) is 3.10. The van der Waals surface area contributed by atoms with Crippen LogP contribution in [0.1, 0.15) is 47.1 Å². The van der Waals surface area contributed by atoms with E-state index in [1.807, 2.05) is 18.3 Å². The summed E-state index contributed by atoms with van der Waals surface area (Å²) in [7, 11) is 0. The minimum absolute atomic E-state index is 0.100. The fourth-order valence-electron chi connectivity index (χ4n) is 3.73. The molecule has 4 rings (SSSR count). The van der Waals surface area contributed by atoms with Gasteiger partial charge in [0.1, 0.15) is 5.52 Å². The van der Waals surface area contributed by atoms with Gasteiger partial charge in [-0.05, 0) is 55.8 Å². The number of benzene rings is 1. The number of aromatic nitrogens is 2. The number of pyridine rings is 1. The van der Waals surface area contributed by atoms with Crippen LogP contribution in [0.4, 0.5) is 0 Å². The van der Waals surface area contributed by atoms with Gasteiger partial charge in [-0.2, -0.15) is 0 Å². The van der Waals surface area contributed by atoms with Crippen LogP contribution in [0.2, 0.25) is 0 Å². The van der Waals surface area contributed by atoms with E-state index in [9.17, 15) is 4.79 Å². The van der Waals surface area contributed by atoms with E-state index in [0.29, 0.717) is 23.6 Å². The molecule has 140 valence electrons. The quantitative estimate of drug-likeness (QED) is 0.750. The van der Waals surface area contributed by atoms with Crippen molar-refractivity contribution in [1.82, 2.24) is 20.2 Å². The number of hydrogen-bond acceptors (Lipinski definition) is 5. The number of amides is 1. The molecule has 1 aliphatic heterocycles. The molecule has 6 nitrogen and oxygen atoms in total. The second-order valence-corrected chi connectivity index (χ2v) is 7.02. The summed E-state index contributed by atoms with van der Waals surface area (Å²) in [6, 6.07) is 9.55. The number of nitrogens with zero attached hydrogens (tertiary/aromatic N) is 3. The van der Waals surface area contributed by atoms with Crippen molar-refractivity contribution < 1.29 is 9.21 Å². The van der Waals surface area contributed by atoms with Gasteiger partial charge in [0.05, 0.1) is 6.04 Å². The number of piperidine rings is 1. The van der Waals surface area contributed by atoms with E-state index >= 15 is 0 Å². The summed E-state index contributed by atoms with van der Waals surface area (Å²) in [6.07, 6.45) is 7.36. The molecule has 0 bridgehead atoms. The standard InChI is InChI=1S/C21H24N4O2/c1-15-24-18-8-7-16(12-20(18)27-15)21(26)23-14-19(17-6-5-9-22-13-17)25-10-3-2-4-11-25/h5-9,12-13,19H,2-4,10-11,14H2,1H3,(H,23,26)/t19-/m1/s1. The van der Waals surface area contributed by atoms with Crippen LogP contribution in [0.3, 0.4) is 0 Å². The first-order valence-corrected chi connectivity index (χ1v) is 9.50. The molecule has 0 saturated carbocycles. The zero-order chi connectivity index (χ0) is 18.6. The Morgan fingerprint density at radius 2 is 2.11 bits per heavy atom. The van der Waals surface area contributed by atoms with Crippen molar-refractivity contribution in [2.75, 3.05) is 19.6 Å².